The number of benzene rings is 2. The molecule has 3 aromatic rings. The molecule has 1 aromatic heterocycles. The molecule has 0 aliphatic heterocycles. The summed E-state index contributed by atoms with van der Waals surface area (Å²) in [6.45, 7) is 0. The molecule has 3 heteroatoms. The molecule has 0 spiro atoms. The van der Waals surface area contributed by atoms with Crippen LogP contribution in [0.2, 0.25) is 0 Å². The number of rotatable bonds is 2. The quantitative estimate of drug-likeness (QED) is 0.738. The van der Waals surface area contributed by atoms with Crippen molar-refractivity contribution in [3.63, 3.8) is 0 Å². The molecule has 18 heavy (non-hydrogen) atoms. The van der Waals surface area contributed by atoms with E-state index in [2.05, 4.69) is 0 Å². The van der Waals surface area contributed by atoms with Crippen LogP contribution in [0.5, 0.6) is 0 Å². The standard InChI is InChI=1S/C15H10O3/c16-15(17)11-7-5-10(6-8-11)13-9-18-14-4-2-1-3-12(13)14/h1-9H,(H,16,17). The van der Waals surface area contributed by atoms with Crippen molar-refractivity contribution in [3.05, 3.63) is 60.4 Å². The monoisotopic (exact) mass is 238 g/mol. The smallest absolute Gasteiger partial charge is 0.335 e. The lowest BCUT2D eigenvalue weighted by molar-refractivity contribution is 0.0697. The van der Waals surface area contributed by atoms with Gasteiger partial charge in [-0.1, -0.05) is 30.3 Å². The van der Waals surface area contributed by atoms with Crippen molar-refractivity contribution in [1.82, 2.24) is 0 Å². The van der Waals surface area contributed by atoms with E-state index >= 15 is 0 Å². The highest BCUT2D eigenvalue weighted by atomic mass is 16.4. The Morgan fingerprint density at radius 1 is 1.00 bits per heavy atom. The van der Waals surface area contributed by atoms with Crippen LogP contribution in [0.25, 0.3) is 22.1 Å². The summed E-state index contributed by atoms with van der Waals surface area (Å²) in [5.41, 5.74) is 3.04. The Balaban J connectivity index is 2.12. The summed E-state index contributed by atoms with van der Waals surface area (Å²) in [6.07, 6.45) is 1.69. The number of aromatic carboxylic acids is 1. The molecule has 0 bridgehead atoms. The van der Waals surface area contributed by atoms with E-state index < -0.39 is 5.97 Å². The first-order chi connectivity index (χ1) is 8.75. The van der Waals surface area contributed by atoms with Crippen LogP contribution in [-0.2, 0) is 0 Å². The molecule has 3 nitrogen and oxygen atoms in total. The number of carboxylic acid groups (broad SMARTS) is 1. The Hall–Kier alpha value is -2.55. The van der Waals surface area contributed by atoms with Gasteiger partial charge in [-0.3, -0.25) is 0 Å². The van der Waals surface area contributed by atoms with Gasteiger partial charge in [-0.15, -0.1) is 0 Å². The van der Waals surface area contributed by atoms with E-state index in [0.29, 0.717) is 0 Å². The molecule has 3 rings (SSSR count). The van der Waals surface area contributed by atoms with Crippen molar-refractivity contribution >= 4 is 16.9 Å². The van der Waals surface area contributed by atoms with E-state index in [1.54, 1.807) is 30.5 Å². The van der Waals surface area contributed by atoms with Gasteiger partial charge in [0.15, 0.2) is 0 Å². The van der Waals surface area contributed by atoms with Gasteiger partial charge in [0.05, 0.1) is 11.8 Å². The summed E-state index contributed by atoms with van der Waals surface area (Å²) < 4.78 is 5.46. The predicted molar refractivity (Wildman–Crippen MR) is 68.6 cm³/mol. The molecule has 1 N–H and O–H groups in total. The van der Waals surface area contributed by atoms with Gasteiger partial charge in [-0.05, 0) is 23.8 Å². The second kappa shape index (κ2) is 4.04. The van der Waals surface area contributed by atoms with E-state index in [1.165, 1.54) is 0 Å². The number of furan rings is 1. The van der Waals surface area contributed by atoms with Gasteiger partial charge in [0.1, 0.15) is 5.58 Å². The summed E-state index contributed by atoms with van der Waals surface area (Å²) in [7, 11) is 0. The van der Waals surface area contributed by atoms with Crippen LogP contribution < -0.4 is 0 Å². The van der Waals surface area contributed by atoms with Gasteiger partial charge in [0.25, 0.3) is 0 Å². The van der Waals surface area contributed by atoms with Gasteiger partial charge in [-0.25, -0.2) is 4.79 Å². The third kappa shape index (κ3) is 1.66. The molecule has 0 fully saturated rings. The van der Waals surface area contributed by atoms with Crippen molar-refractivity contribution in [2.45, 2.75) is 0 Å². The Bertz CT molecular complexity index is 708. The topological polar surface area (TPSA) is 50.4 Å². The maximum Gasteiger partial charge on any atom is 0.335 e. The lowest BCUT2D eigenvalue weighted by atomic mass is 10.0. The molecule has 1 heterocycles. The van der Waals surface area contributed by atoms with Gasteiger partial charge in [-0.2, -0.15) is 0 Å². The minimum Gasteiger partial charge on any atom is -0.478 e. The van der Waals surface area contributed by atoms with Crippen LogP contribution in [-0.4, -0.2) is 11.1 Å². The molecular weight excluding hydrogens is 228 g/mol. The maximum absolute atomic E-state index is 10.8. The molecule has 0 aliphatic carbocycles. The number of para-hydroxylation sites is 1. The van der Waals surface area contributed by atoms with Crippen molar-refractivity contribution < 1.29 is 14.3 Å². The van der Waals surface area contributed by atoms with E-state index in [0.717, 1.165) is 22.1 Å². The summed E-state index contributed by atoms with van der Waals surface area (Å²) in [4.78, 5) is 10.8. The molecule has 0 aliphatic rings. The molecule has 0 amide bonds. The first-order valence-corrected chi connectivity index (χ1v) is 5.55. The fourth-order valence-corrected chi connectivity index (χ4v) is 1.99. The number of hydrogen-bond donors (Lipinski definition) is 1. The largest absolute Gasteiger partial charge is 0.478 e. The van der Waals surface area contributed by atoms with Crippen LogP contribution in [0, 0.1) is 0 Å². The number of fused-ring (bicyclic) bond motifs is 1. The Morgan fingerprint density at radius 3 is 2.44 bits per heavy atom. The summed E-state index contributed by atoms with van der Waals surface area (Å²) in [5, 5.41) is 9.89. The van der Waals surface area contributed by atoms with E-state index in [-0.39, 0.29) is 5.56 Å². The van der Waals surface area contributed by atoms with Gasteiger partial charge < -0.3 is 9.52 Å². The zero-order valence-electron chi connectivity index (χ0n) is 9.46. The Labute approximate surface area is 103 Å². The third-order valence-corrected chi connectivity index (χ3v) is 2.92. The summed E-state index contributed by atoms with van der Waals surface area (Å²) in [6, 6.07) is 14.5. The molecule has 0 unspecified atom stereocenters. The molecule has 0 radical (unpaired) electrons. The van der Waals surface area contributed by atoms with Crippen molar-refractivity contribution in [3.8, 4) is 11.1 Å². The molecule has 0 atom stereocenters. The Morgan fingerprint density at radius 2 is 1.72 bits per heavy atom. The number of carboxylic acids is 1. The number of carbonyl (C=O) groups is 1. The SMILES string of the molecule is O=C(O)c1ccc(-c2coc3ccccc23)cc1. The molecular formula is C15H10O3. The summed E-state index contributed by atoms with van der Waals surface area (Å²) >= 11 is 0. The third-order valence-electron chi connectivity index (χ3n) is 2.92. The summed E-state index contributed by atoms with van der Waals surface area (Å²) in [5.74, 6) is -0.918. The van der Waals surface area contributed by atoms with Crippen LogP contribution in [0.3, 0.4) is 0 Å². The molecule has 0 saturated heterocycles. The van der Waals surface area contributed by atoms with Crippen molar-refractivity contribution in [2.75, 3.05) is 0 Å². The molecule has 2 aromatic carbocycles. The predicted octanol–water partition coefficient (Wildman–Crippen LogP) is 3.80. The second-order valence-electron chi connectivity index (χ2n) is 4.03. The fraction of sp³-hybridized carbons (Fsp3) is 0. The minimum absolute atomic E-state index is 0.284. The van der Waals surface area contributed by atoms with Gasteiger partial charge in [0.2, 0.25) is 0 Å². The molecule has 88 valence electrons. The number of hydrogen-bond acceptors (Lipinski definition) is 2. The lowest BCUT2D eigenvalue weighted by Gasteiger charge is -1.99. The van der Waals surface area contributed by atoms with Crippen LogP contribution in [0.1, 0.15) is 10.4 Å². The highest BCUT2D eigenvalue weighted by molar-refractivity contribution is 5.95. The Kier molecular flexibility index (Phi) is 2.38. The van der Waals surface area contributed by atoms with Gasteiger partial charge in [0, 0.05) is 10.9 Å². The average molecular weight is 238 g/mol. The maximum atomic E-state index is 10.8. The fourth-order valence-electron chi connectivity index (χ4n) is 1.99. The van der Waals surface area contributed by atoms with E-state index in [9.17, 15) is 4.79 Å². The zero-order valence-corrected chi connectivity index (χ0v) is 9.46. The van der Waals surface area contributed by atoms with E-state index in [1.807, 2.05) is 24.3 Å². The van der Waals surface area contributed by atoms with Crippen LogP contribution in [0.4, 0.5) is 0 Å². The van der Waals surface area contributed by atoms with Crippen LogP contribution >= 0.6 is 0 Å². The first kappa shape index (κ1) is 10.6. The molecule has 0 saturated carbocycles. The average Bonchev–Trinajstić information content (AvgIpc) is 2.82. The van der Waals surface area contributed by atoms with Crippen molar-refractivity contribution in [2.24, 2.45) is 0 Å². The lowest BCUT2D eigenvalue weighted by Crippen LogP contribution is -1.94. The van der Waals surface area contributed by atoms with Crippen LogP contribution in [0.15, 0.2) is 59.2 Å². The highest BCUT2D eigenvalue weighted by Gasteiger charge is 2.08. The van der Waals surface area contributed by atoms with Crippen molar-refractivity contribution in [1.29, 1.82) is 0 Å². The zero-order chi connectivity index (χ0) is 12.5. The van der Waals surface area contributed by atoms with E-state index in [4.69, 9.17) is 9.52 Å². The second-order valence-corrected chi connectivity index (χ2v) is 4.03. The first-order valence-electron chi connectivity index (χ1n) is 5.55. The minimum atomic E-state index is -0.918. The highest BCUT2D eigenvalue weighted by Crippen LogP contribution is 2.30. The van der Waals surface area contributed by atoms with Gasteiger partial charge >= 0.3 is 5.97 Å². The normalized spacial score (nSPS) is 10.7.